The van der Waals surface area contributed by atoms with Gasteiger partial charge in [0.2, 0.25) is 0 Å². The molecular weight excluding hydrogens is 414 g/mol. The summed E-state index contributed by atoms with van der Waals surface area (Å²) in [6.45, 7) is 0.653. The number of alkyl halides is 2. The van der Waals surface area contributed by atoms with Crippen molar-refractivity contribution in [1.82, 2.24) is 10.8 Å². The Hall–Kier alpha value is -3.47. The molecule has 0 saturated heterocycles. The number of carbonyl (C=O) groups is 3. The van der Waals surface area contributed by atoms with Gasteiger partial charge in [0.15, 0.2) is 5.60 Å². The molecule has 1 aliphatic carbocycles. The van der Waals surface area contributed by atoms with Crippen molar-refractivity contribution < 1.29 is 38.6 Å². The molecule has 1 aromatic rings. The predicted molar refractivity (Wildman–Crippen MR) is 100 cm³/mol. The molecule has 164 valence electrons. The van der Waals surface area contributed by atoms with Crippen LogP contribution in [-0.4, -0.2) is 46.2 Å². The molecule has 0 aromatic heterocycles. The lowest BCUT2D eigenvalue weighted by Gasteiger charge is -2.30. The second kappa shape index (κ2) is 10.0. The fourth-order valence-electron chi connectivity index (χ4n) is 2.68. The Morgan fingerprint density at radius 3 is 2.45 bits per heavy atom. The highest BCUT2D eigenvalue weighted by Crippen LogP contribution is 2.40. The Bertz CT molecular complexity index is 970. The van der Waals surface area contributed by atoms with Gasteiger partial charge in [-0.1, -0.05) is 11.8 Å². The molecule has 1 aromatic carbocycles. The van der Waals surface area contributed by atoms with Crippen molar-refractivity contribution >= 4 is 17.8 Å². The van der Waals surface area contributed by atoms with Gasteiger partial charge >= 0.3 is 0 Å². The van der Waals surface area contributed by atoms with E-state index in [1.165, 1.54) is 24.3 Å². The van der Waals surface area contributed by atoms with E-state index in [2.05, 4.69) is 23.7 Å². The van der Waals surface area contributed by atoms with E-state index < -0.39 is 35.9 Å². The summed E-state index contributed by atoms with van der Waals surface area (Å²) in [5, 5.41) is 31.0. The molecule has 0 aliphatic heterocycles. The number of hydroxylamine groups is 1. The molecule has 4 N–H and O–H groups in total. The van der Waals surface area contributed by atoms with Crippen LogP contribution >= 0.6 is 0 Å². The second-order valence-electron chi connectivity index (χ2n) is 7.18. The summed E-state index contributed by atoms with van der Waals surface area (Å²) in [6, 6.07) is 3.48. The lowest BCUT2D eigenvalue weighted by molar-refractivity contribution is -0.306. The summed E-state index contributed by atoms with van der Waals surface area (Å²) >= 11 is 0. The van der Waals surface area contributed by atoms with E-state index in [9.17, 15) is 33.4 Å². The number of amides is 2. The highest BCUT2D eigenvalue weighted by molar-refractivity contribution is 5.97. The van der Waals surface area contributed by atoms with Crippen molar-refractivity contribution in [3.05, 3.63) is 35.4 Å². The molecule has 8 nitrogen and oxygen atoms in total. The molecule has 2 unspecified atom stereocenters. The van der Waals surface area contributed by atoms with Gasteiger partial charge < -0.3 is 20.3 Å². The van der Waals surface area contributed by atoms with Gasteiger partial charge in [-0.25, -0.2) is 14.3 Å². The monoisotopic (exact) mass is 433 g/mol. The number of rotatable bonds is 7. The minimum Gasteiger partial charge on any atom is -0.550 e. The molecule has 4 atom stereocenters. The van der Waals surface area contributed by atoms with Gasteiger partial charge in [-0.15, -0.1) is 0 Å². The Kier molecular flexibility index (Phi) is 7.70. The van der Waals surface area contributed by atoms with E-state index in [0.29, 0.717) is 18.9 Å². The SMILES string of the molecule is C[C@@](O)(C(F)F)[C@H](NC(=O)c1ccc(C#CC#CC2CC2CC(=O)[O-])cc1)C(=O)NO. The number of benzene rings is 1. The number of carbonyl (C=O) groups excluding carboxylic acids is 3. The second-order valence-corrected chi connectivity index (χ2v) is 7.18. The lowest BCUT2D eigenvalue weighted by atomic mass is 9.95. The molecule has 1 aliphatic rings. The first kappa shape index (κ1) is 23.8. The summed E-state index contributed by atoms with van der Waals surface area (Å²) in [6.07, 6.45) is -2.70. The lowest BCUT2D eigenvalue weighted by Crippen LogP contribution is -2.61. The zero-order chi connectivity index (χ0) is 23.2. The normalized spacial score (nSPS) is 19.5. The summed E-state index contributed by atoms with van der Waals surface area (Å²) in [4.78, 5) is 34.4. The minimum atomic E-state index is -3.37. The minimum absolute atomic E-state index is 0.000292. The van der Waals surface area contributed by atoms with Gasteiger partial charge in [0.25, 0.3) is 18.2 Å². The van der Waals surface area contributed by atoms with Crippen LogP contribution in [0.4, 0.5) is 8.78 Å². The summed E-state index contributed by atoms with van der Waals surface area (Å²) in [5.41, 5.74) is -1.29. The first-order valence-corrected chi connectivity index (χ1v) is 9.13. The Labute approximate surface area is 176 Å². The van der Waals surface area contributed by atoms with Crippen molar-refractivity contribution in [3.63, 3.8) is 0 Å². The maximum Gasteiger partial charge on any atom is 0.269 e. The smallest absolute Gasteiger partial charge is 0.269 e. The number of hydrogen-bond donors (Lipinski definition) is 4. The number of aliphatic carboxylic acids is 1. The van der Waals surface area contributed by atoms with E-state index in [1.54, 1.807) is 0 Å². The molecule has 2 amide bonds. The Balaban J connectivity index is 2.01. The van der Waals surface area contributed by atoms with E-state index in [4.69, 9.17) is 5.21 Å². The van der Waals surface area contributed by atoms with Crippen LogP contribution in [0.5, 0.6) is 0 Å². The Morgan fingerprint density at radius 1 is 1.26 bits per heavy atom. The number of nitrogens with one attached hydrogen (secondary N) is 2. The van der Waals surface area contributed by atoms with E-state index in [-0.39, 0.29) is 23.8 Å². The fraction of sp³-hybridized carbons (Fsp3) is 0.381. The molecule has 0 bridgehead atoms. The third-order valence-corrected chi connectivity index (χ3v) is 4.70. The van der Waals surface area contributed by atoms with Gasteiger partial charge in [-0.3, -0.25) is 14.8 Å². The maximum atomic E-state index is 13.0. The topological polar surface area (TPSA) is 139 Å². The summed E-state index contributed by atoms with van der Waals surface area (Å²) in [5.74, 6) is 7.39. The number of aliphatic hydroxyl groups is 1. The fourth-order valence-corrected chi connectivity index (χ4v) is 2.68. The van der Waals surface area contributed by atoms with Gasteiger partial charge in [0.05, 0.1) is 0 Å². The van der Waals surface area contributed by atoms with Gasteiger partial charge in [0.1, 0.15) is 6.04 Å². The number of carboxylic acid groups (broad SMARTS) is 1. The zero-order valence-corrected chi connectivity index (χ0v) is 16.3. The van der Waals surface area contributed by atoms with Crippen molar-refractivity contribution in [1.29, 1.82) is 0 Å². The van der Waals surface area contributed by atoms with Gasteiger partial charge in [-0.05, 0) is 61.8 Å². The molecule has 1 fully saturated rings. The third-order valence-electron chi connectivity index (χ3n) is 4.70. The largest absolute Gasteiger partial charge is 0.550 e. The van der Waals surface area contributed by atoms with Crippen LogP contribution in [0.2, 0.25) is 0 Å². The average molecular weight is 433 g/mol. The molecule has 0 radical (unpaired) electrons. The molecule has 0 heterocycles. The molecule has 2 rings (SSSR count). The van der Waals surface area contributed by atoms with E-state index in [1.807, 2.05) is 5.32 Å². The average Bonchev–Trinajstić information content (AvgIpc) is 3.45. The third kappa shape index (κ3) is 6.51. The van der Waals surface area contributed by atoms with E-state index >= 15 is 0 Å². The molecule has 1 saturated carbocycles. The highest BCUT2D eigenvalue weighted by Gasteiger charge is 2.46. The standard InChI is InChI=1S/C21H20F2N2O6/c1-21(30,20(22)23)17(19(29)25-31)24-18(28)13-8-6-12(7-9-13)4-2-3-5-14-10-15(14)11-16(26)27/h6-9,14-15,17,20,30-31H,10-11H2,1H3,(H,24,28)(H,25,29)(H,26,27)/p-1/t14?,15?,17-,21+/m1/s1. The number of hydrogen-bond acceptors (Lipinski definition) is 6. The van der Waals surface area contributed by atoms with Crippen LogP contribution in [0.1, 0.15) is 35.7 Å². The predicted octanol–water partition coefficient (Wildman–Crippen LogP) is -0.562. The molecule has 31 heavy (non-hydrogen) atoms. The van der Waals surface area contributed by atoms with Crippen LogP contribution in [0.3, 0.4) is 0 Å². The first-order chi connectivity index (χ1) is 14.6. The van der Waals surface area contributed by atoms with Gasteiger partial charge in [-0.2, -0.15) is 0 Å². The maximum absolute atomic E-state index is 13.0. The van der Waals surface area contributed by atoms with Crippen LogP contribution in [0, 0.1) is 35.5 Å². The quantitative estimate of drug-likeness (QED) is 0.258. The van der Waals surface area contributed by atoms with Crippen molar-refractivity contribution in [3.8, 4) is 23.7 Å². The van der Waals surface area contributed by atoms with Crippen LogP contribution < -0.4 is 15.9 Å². The Morgan fingerprint density at radius 2 is 1.90 bits per heavy atom. The van der Waals surface area contributed by atoms with Crippen LogP contribution in [0.15, 0.2) is 24.3 Å². The van der Waals surface area contributed by atoms with Crippen molar-refractivity contribution in [2.75, 3.05) is 0 Å². The summed E-state index contributed by atoms with van der Waals surface area (Å²) in [7, 11) is 0. The van der Waals surface area contributed by atoms with Crippen molar-refractivity contribution in [2.24, 2.45) is 11.8 Å². The van der Waals surface area contributed by atoms with Gasteiger partial charge in [0, 0.05) is 23.0 Å². The van der Waals surface area contributed by atoms with Crippen molar-refractivity contribution in [2.45, 2.75) is 37.8 Å². The molecule has 10 heteroatoms. The van der Waals surface area contributed by atoms with Crippen LogP contribution in [0.25, 0.3) is 0 Å². The van der Waals surface area contributed by atoms with E-state index in [0.717, 1.165) is 5.48 Å². The first-order valence-electron chi connectivity index (χ1n) is 9.13. The number of halogens is 2. The number of carboxylic acids is 1. The zero-order valence-electron chi connectivity index (χ0n) is 16.3. The highest BCUT2D eigenvalue weighted by atomic mass is 19.3. The molecular formula is C21H19F2N2O6-. The summed E-state index contributed by atoms with van der Waals surface area (Å²) < 4.78 is 26.1. The molecule has 0 spiro atoms. The van der Waals surface area contributed by atoms with Crippen LogP contribution in [-0.2, 0) is 9.59 Å².